The fourth-order valence-electron chi connectivity index (χ4n) is 1.29. The van der Waals surface area contributed by atoms with Gasteiger partial charge >= 0.3 is 0 Å². The van der Waals surface area contributed by atoms with Crippen LogP contribution in [0.3, 0.4) is 0 Å². The van der Waals surface area contributed by atoms with Crippen molar-refractivity contribution in [2.24, 2.45) is 5.41 Å². The largest absolute Gasteiger partial charge is 0.335 e. The molecule has 0 bridgehead atoms. The lowest BCUT2D eigenvalue weighted by Gasteiger charge is -2.29. The van der Waals surface area contributed by atoms with Crippen LogP contribution in [-0.4, -0.2) is 43.3 Å². The number of Topliss-reactive ketones (excluding diaryl/α,β-unsaturated/α-hetero) is 1. The minimum absolute atomic E-state index is 0.0670. The van der Waals surface area contributed by atoms with Gasteiger partial charge in [-0.2, -0.15) is 0 Å². The van der Waals surface area contributed by atoms with Crippen LogP contribution in [0.2, 0.25) is 0 Å². The number of likely N-dealkylation sites (N-methyl/N-ethyl adjacent to an activating group) is 2. The second-order valence-corrected chi connectivity index (χ2v) is 4.83. The molecule has 0 fully saturated rings. The summed E-state index contributed by atoms with van der Waals surface area (Å²) in [6, 6.07) is -0.370. The maximum atomic E-state index is 11.9. The molecule has 0 aromatic rings. The highest BCUT2D eigenvalue weighted by Crippen LogP contribution is 2.18. The minimum atomic E-state index is -0.409. The predicted molar refractivity (Wildman–Crippen MR) is 60.6 cm³/mol. The van der Waals surface area contributed by atoms with E-state index in [2.05, 4.69) is 5.32 Å². The Hall–Kier alpha value is -0.900. The molecular formula is C11H22N2O2. The van der Waals surface area contributed by atoms with Crippen LogP contribution in [0.4, 0.5) is 0 Å². The molecule has 1 unspecified atom stereocenters. The molecule has 0 aromatic heterocycles. The number of rotatable bonds is 4. The van der Waals surface area contributed by atoms with Gasteiger partial charge in [-0.05, 0) is 14.0 Å². The molecule has 0 spiro atoms. The zero-order chi connectivity index (χ0) is 12.2. The van der Waals surface area contributed by atoms with Gasteiger partial charge in [0.25, 0.3) is 0 Å². The first-order valence-electron chi connectivity index (χ1n) is 5.16. The van der Waals surface area contributed by atoms with E-state index in [0.717, 1.165) is 0 Å². The van der Waals surface area contributed by atoms with Gasteiger partial charge in [0.15, 0.2) is 5.78 Å². The predicted octanol–water partition coefficient (Wildman–Crippen LogP) is 0.668. The van der Waals surface area contributed by atoms with Gasteiger partial charge in [0, 0.05) is 12.5 Å². The zero-order valence-corrected chi connectivity index (χ0v) is 10.5. The third-order valence-electron chi connectivity index (χ3n) is 2.42. The molecule has 0 saturated heterocycles. The van der Waals surface area contributed by atoms with E-state index < -0.39 is 5.41 Å². The molecule has 0 aliphatic rings. The molecule has 1 amide bonds. The third-order valence-corrected chi connectivity index (χ3v) is 2.42. The maximum absolute atomic E-state index is 11.9. The van der Waals surface area contributed by atoms with Crippen molar-refractivity contribution >= 4 is 11.7 Å². The molecule has 0 aromatic carbocycles. The first-order chi connectivity index (χ1) is 6.71. The van der Waals surface area contributed by atoms with E-state index in [1.807, 2.05) is 20.8 Å². The maximum Gasteiger partial charge on any atom is 0.236 e. The van der Waals surface area contributed by atoms with Gasteiger partial charge in [-0.3, -0.25) is 9.59 Å². The highest BCUT2D eigenvalue weighted by atomic mass is 16.2. The van der Waals surface area contributed by atoms with Crippen molar-refractivity contribution in [2.45, 2.75) is 33.7 Å². The van der Waals surface area contributed by atoms with Crippen molar-refractivity contribution < 1.29 is 9.59 Å². The van der Waals surface area contributed by atoms with E-state index in [1.54, 1.807) is 21.0 Å². The lowest BCUT2D eigenvalue weighted by molar-refractivity contribution is -0.140. The standard InChI is InChI=1S/C11H22N2O2/c1-8(10(15)11(2,3)4)13(6)9(14)7-12-5/h8,12H,7H2,1-6H3. The number of nitrogens with one attached hydrogen (secondary N) is 1. The Balaban J connectivity index is 4.51. The molecule has 15 heavy (non-hydrogen) atoms. The average molecular weight is 214 g/mol. The Kier molecular flexibility index (Phi) is 4.94. The normalized spacial score (nSPS) is 13.5. The molecule has 0 heterocycles. The van der Waals surface area contributed by atoms with E-state index in [4.69, 9.17) is 0 Å². The first kappa shape index (κ1) is 14.1. The fraction of sp³-hybridized carbons (Fsp3) is 0.818. The Labute approximate surface area is 92.0 Å². The van der Waals surface area contributed by atoms with Crippen molar-refractivity contribution in [3.05, 3.63) is 0 Å². The van der Waals surface area contributed by atoms with Crippen molar-refractivity contribution in [3.8, 4) is 0 Å². The van der Waals surface area contributed by atoms with Crippen LogP contribution in [0.15, 0.2) is 0 Å². The number of ketones is 1. The van der Waals surface area contributed by atoms with Crippen molar-refractivity contribution in [3.63, 3.8) is 0 Å². The molecule has 0 saturated carbocycles. The summed E-state index contributed by atoms with van der Waals surface area (Å²) < 4.78 is 0. The number of carbonyl (C=O) groups is 2. The summed E-state index contributed by atoms with van der Waals surface area (Å²) in [4.78, 5) is 24.9. The summed E-state index contributed by atoms with van der Waals surface area (Å²) >= 11 is 0. The van der Waals surface area contributed by atoms with Gasteiger partial charge in [0.2, 0.25) is 5.91 Å². The molecule has 0 radical (unpaired) electrons. The summed E-state index contributed by atoms with van der Waals surface area (Å²) in [6.07, 6.45) is 0. The van der Waals surface area contributed by atoms with Crippen LogP contribution in [0, 0.1) is 5.41 Å². The third kappa shape index (κ3) is 4.00. The van der Waals surface area contributed by atoms with Gasteiger partial charge in [-0.15, -0.1) is 0 Å². The van der Waals surface area contributed by atoms with Gasteiger partial charge in [-0.1, -0.05) is 20.8 Å². The Morgan fingerprint density at radius 2 is 1.80 bits per heavy atom. The smallest absolute Gasteiger partial charge is 0.236 e. The SMILES string of the molecule is CNCC(=O)N(C)C(C)C(=O)C(C)(C)C. The highest BCUT2D eigenvalue weighted by molar-refractivity contribution is 5.92. The summed E-state index contributed by atoms with van der Waals surface area (Å²) in [6.45, 7) is 7.62. The van der Waals surface area contributed by atoms with Crippen LogP contribution in [0.5, 0.6) is 0 Å². The lowest BCUT2D eigenvalue weighted by atomic mass is 9.86. The lowest BCUT2D eigenvalue weighted by Crippen LogP contribution is -2.47. The van der Waals surface area contributed by atoms with Gasteiger partial charge in [0.1, 0.15) is 0 Å². The van der Waals surface area contributed by atoms with E-state index in [0.29, 0.717) is 0 Å². The zero-order valence-electron chi connectivity index (χ0n) is 10.5. The second kappa shape index (κ2) is 5.26. The fourth-order valence-corrected chi connectivity index (χ4v) is 1.29. The van der Waals surface area contributed by atoms with Gasteiger partial charge < -0.3 is 10.2 Å². The van der Waals surface area contributed by atoms with Crippen LogP contribution in [0.1, 0.15) is 27.7 Å². The summed E-state index contributed by atoms with van der Waals surface area (Å²) in [5, 5.41) is 2.78. The average Bonchev–Trinajstić information content (AvgIpc) is 2.13. The molecule has 1 N–H and O–H groups in total. The highest BCUT2D eigenvalue weighted by Gasteiger charge is 2.30. The van der Waals surface area contributed by atoms with Crippen LogP contribution in [0.25, 0.3) is 0 Å². The molecule has 0 aliphatic heterocycles. The summed E-state index contributed by atoms with van der Waals surface area (Å²) in [7, 11) is 3.37. The van der Waals surface area contributed by atoms with Gasteiger partial charge in [-0.25, -0.2) is 0 Å². The Bertz CT molecular complexity index is 243. The van der Waals surface area contributed by atoms with Crippen molar-refractivity contribution in [2.75, 3.05) is 20.6 Å². The van der Waals surface area contributed by atoms with E-state index >= 15 is 0 Å². The molecule has 1 atom stereocenters. The Morgan fingerprint density at radius 1 is 1.33 bits per heavy atom. The van der Waals surface area contributed by atoms with E-state index in [1.165, 1.54) is 4.90 Å². The number of hydrogen-bond acceptors (Lipinski definition) is 3. The minimum Gasteiger partial charge on any atom is -0.335 e. The molecule has 0 aliphatic carbocycles. The topological polar surface area (TPSA) is 49.4 Å². The van der Waals surface area contributed by atoms with E-state index in [-0.39, 0.29) is 24.3 Å². The first-order valence-corrected chi connectivity index (χ1v) is 5.16. The van der Waals surface area contributed by atoms with Crippen molar-refractivity contribution in [1.82, 2.24) is 10.2 Å². The Morgan fingerprint density at radius 3 is 2.13 bits per heavy atom. The van der Waals surface area contributed by atoms with Crippen LogP contribution >= 0.6 is 0 Å². The number of nitrogens with zero attached hydrogens (tertiary/aromatic N) is 1. The van der Waals surface area contributed by atoms with Gasteiger partial charge in [0.05, 0.1) is 12.6 Å². The molecule has 0 rings (SSSR count). The van der Waals surface area contributed by atoms with Crippen LogP contribution < -0.4 is 5.32 Å². The monoisotopic (exact) mass is 214 g/mol. The molecular weight excluding hydrogens is 192 g/mol. The van der Waals surface area contributed by atoms with Crippen LogP contribution in [-0.2, 0) is 9.59 Å². The number of carbonyl (C=O) groups excluding carboxylic acids is 2. The molecule has 4 nitrogen and oxygen atoms in total. The second-order valence-electron chi connectivity index (χ2n) is 4.83. The quantitative estimate of drug-likeness (QED) is 0.748. The number of amides is 1. The number of hydrogen-bond donors (Lipinski definition) is 1. The van der Waals surface area contributed by atoms with Crippen molar-refractivity contribution in [1.29, 1.82) is 0 Å². The molecule has 4 heteroatoms. The summed E-state index contributed by atoms with van der Waals surface area (Å²) in [5.74, 6) is 0.0112. The van der Waals surface area contributed by atoms with E-state index in [9.17, 15) is 9.59 Å². The molecule has 88 valence electrons. The summed E-state index contributed by atoms with van der Waals surface area (Å²) in [5.41, 5.74) is -0.409.